The summed E-state index contributed by atoms with van der Waals surface area (Å²) in [4.78, 5) is 0. The summed E-state index contributed by atoms with van der Waals surface area (Å²) < 4.78 is 5.58. The molecule has 0 amide bonds. The minimum absolute atomic E-state index is 0.430. The van der Waals surface area contributed by atoms with Crippen LogP contribution in [0.4, 0.5) is 0 Å². The molecule has 2 rings (SSSR count). The van der Waals surface area contributed by atoms with Crippen LogP contribution < -0.4 is 5.32 Å². The van der Waals surface area contributed by atoms with Crippen molar-refractivity contribution in [3.8, 4) is 0 Å². The standard InChI is InChI=1S/C14H23NO/c1-11-7-8-12(16-11)10-15-13-6-4-5-9-14(13,2)3/h7-8,13,15H,4-6,9-10H2,1-3H3. The molecule has 0 spiro atoms. The predicted octanol–water partition coefficient (Wildman–Crippen LogP) is 3.65. The molecule has 2 heteroatoms. The SMILES string of the molecule is Cc1ccc(CNC2CCCCC2(C)C)o1. The van der Waals surface area contributed by atoms with Crippen LogP contribution in [0, 0.1) is 12.3 Å². The van der Waals surface area contributed by atoms with E-state index in [0.717, 1.165) is 18.1 Å². The van der Waals surface area contributed by atoms with Crippen molar-refractivity contribution in [2.75, 3.05) is 0 Å². The van der Waals surface area contributed by atoms with Crippen molar-refractivity contribution >= 4 is 0 Å². The van der Waals surface area contributed by atoms with Crippen LogP contribution in [0.1, 0.15) is 51.1 Å². The van der Waals surface area contributed by atoms with E-state index in [4.69, 9.17) is 4.42 Å². The first-order valence-electron chi connectivity index (χ1n) is 6.37. The first kappa shape index (κ1) is 11.7. The zero-order chi connectivity index (χ0) is 11.6. The molecule has 1 unspecified atom stereocenters. The maximum Gasteiger partial charge on any atom is 0.117 e. The summed E-state index contributed by atoms with van der Waals surface area (Å²) in [6.07, 6.45) is 5.37. The molecule has 90 valence electrons. The second-order valence-electron chi connectivity index (χ2n) is 5.68. The van der Waals surface area contributed by atoms with Gasteiger partial charge < -0.3 is 9.73 Å². The minimum atomic E-state index is 0.430. The Hall–Kier alpha value is -0.760. The first-order valence-corrected chi connectivity index (χ1v) is 6.37. The van der Waals surface area contributed by atoms with Crippen molar-refractivity contribution in [1.82, 2.24) is 5.32 Å². The third kappa shape index (κ3) is 2.67. The predicted molar refractivity (Wildman–Crippen MR) is 66.3 cm³/mol. The van der Waals surface area contributed by atoms with Gasteiger partial charge in [0.25, 0.3) is 0 Å². The lowest BCUT2D eigenvalue weighted by Crippen LogP contribution is -2.43. The van der Waals surface area contributed by atoms with Gasteiger partial charge in [0.1, 0.15) is 11.5 Å². The molecule has 2 nitrogen and oxygen atoms in total. The van der Waals surface area contributed by atoms with Crippen LogP contribution in [-0.4, -0.2) is 6.04 Å². The summed E-state index contributed by atoms with van der Waals surface area (Å²) in [7, 11) is 0. The first-order chi connectivity index (χ1) is 7.58. The van der Waals surface area contributed by atoms with Crippen molar-refractivity contribution in [3.63, 3.8) is 0 Å². The maximum atomic E-state index is 5.58. The van der Waals surface area contributed by atoms with E-state index in [-0.39, 0.29) is 0 Å². The largest absolute Gasteiger partial charge is 0.465 e. The molecule has 0 bridgehead atoms. The quantitative estimate of drug-likeness (QED) is 0.843. The second kappa shape index (κ2) is 4.62. The minimum Gasteiger partial charge on any atom is -0.465 e. The van der Waals surface area contributed by atoms with Crippen LogP contribution in [0.2, 0.25) is 0 Å². The van der Waals surface area contributed by atoms with Crippen molar-refractivity contribution in [1.29, 1.82) is 0 Å². The number of nitrogens with one attached hydrogen (secondary N) is 1. The summed E-state index contributed by atoms with van der Waals surface area (Å²) in [5.41, 5.74) is 0.430. The Morgan fingerprint density at radius 1 is 1.38 bits per heavy atom. The number of hydrogen-bond acceptors (Lipinski definition) is 2. The molecular formula is C14H23NO. The number of hydrogen-bond donors (Lipinski definition) is 1. The third-order valence-electron chi connectivity index (χ3n) is 3.83. The summed E-state index contributed by atoms with van der Waals surface area (Å²) >= 11 is 0. The highest BCUT2D eigenvalue weighted by Crippen LogP contribution is 2.35. The van der Waals surface area contributed by atoms with E-state index in [0.29, 0.717) is 11.5 Å². The lowest BCUT2D eigenvalue weighted by Gasteiger charge is -2.39. The highest BCUT2D eigenvalue weighted by atomic mass is 16.3. The van der Waals surface area contributed by atoms with Gasteiger partial charge in [0.05, 0.1) is 6.54 Å². The summed E-state index contributed by atoms with van der Waals surface area (Å²) in [6, 6.07) is 4.73. The van der Waals surface area contributed by atoms with E-state index in [1.165, 1.54) is 25.7 Å². The van der Waals surface area contributed by atoms with Gasteiger partial charge in [-0.05, 0) is 37.3 Å². The second-order valence-corrected chi connectivity index (χ2v) is 5.68. The van der Waals surface area contributed by atoms with E-state index in [2.05, 4.69) is 25.2 Å². The van der Waals surface area contributed by atoms with Crippen LogP contribution in [-0.2, 0) is 6.54 Å². The highest BCUT2D eigenvalue weighted by Gasteiger charge is 2.31. The molecule has 1 atom stereocenters. The Balaban J connectivity index is 1.89. The molecule has 1 N–H and O–H groups in total. The highest BCUT2D eigenvalue weighted by molar-refractivity contribution is 5.05. The molecule has 0 aromatic carbocycles. The van der Waals surface area contributed by atoms with Crippen LogP contribution in [0.5, 0.6) is 0 Å². The lowest BCUT2D eigenvalue weighted by atomic mass is 9.73. The zero-order valence-electron chi connectivity index (χ0n) is 10.7. The fourth-order valence-electron chi connectivity index (χ4n) is 2.68. The molecule has 1 heterocycles. The fraction of sp³-hybridized carbons (Fsp3) is 0.714. The van der Waals surface area contributed by atoms with Gasteiger partial charge in [-0.25, -0.2) is 0 Å². The van der Waals surface area contributed by atoms with Gasteiger partial charge in [-0.15, -0.1) is 0 Å². The maximum absolute atomic E-state index is 5.58. The van der Waals surface area contributed by atoms with Crippen LogP contribution >= 0.6 is 0 Å². The summed E-state index contributed by atoms with van der Waals surface area (Å²) in [5, 5.41) is 3.65. The lowest BCUT2D eigenvalue weighted by molar-refractivity contribution is 0.164. The van der Waals surface area contributed by atoms with Gasteiger partial charge in [0.2, 0.25) is 0 Å². The van der Waals surface area contributed by atoms with E-state index in [1.807, 2.05) is 13.0 Å². The number of rotatable bonds is 3. The van der Waals surface area contributed by atoms with Gasteiger partial charge in [0.15, 0.2) is 0 Å². The van der Waals surface area contributed by atoms with E-state index in [9.17, 15) is 0 Å². The molecule has 1 aliphatic carbocycles. The van der Waals surface area contributed by atoms with Gasteiger partial charge >= 0.3 is 0 Å². The van der Waals surface area contributed by atoms with Crippen molar-refractivity contribution < 1.29 is 4.42 Å². The van der Waals surface area contributed by atoms with Gasteiger partial charge in [0, 0.05) is 6.04 Å². The number of furan rings is 1. The smallest absolute Gasteiger partial charge is 0.117 e. The average Bonchev–Trinajstić information content (AvgIpc) is 2.62. The molecule has 1 fully saturated rings. The average molecular weight is 221 g/mol. The van der Waals surface area contributed by atoms with Crippen LogP contribution in [0.25, 0.3) is 0 Å². The Labute approximate surface area is 98.4 Å². The molecule has 0 aliphatic heterocycles. The summed E-state index contributed by atoms with van der Waals surface area (Å²) in [5.74, 6) is 2.05. The molecule has 1 aromatic rings. The van der Waals surface area contributed by atoms with Gasteiger partial charge in [-0.1, -0.05) is 26.7 Å². The summed E-state index contributed by atoms with van der Waals surface area (Å²) in [6.45, 7) is 7.60. The monoisotopic (exact) mass is 221 g/mol. The Bertz CT molecular complexity index is 340. The van der Waals surface area contributed by atoms with Crippen molar-refractivity contribution in [2.24, 2.45) is 5.41 Å². The van der Waals surface area contributed by atoms with Crippen molar-refractivity contribution in [3.05, 3.63) is 23.7 Å². The van der Waals surface area contributed by atoms with Crippen molar-refractivity contribution in [2.45, 2.75) is 59.0 Å². The molecular weight excluding hydrogens is 198 g/mol. The van der Waals surface area contributed by atoms with Crippen LogP contribution in [0.3, 0.4) is 0 Å². The zero-order valence-corrected chi connectivity index (χ0v) is 10.7. The molecule has 1 aromatic heterocycles. The molecule has 16 heavy (non-hydrogen) atoms. The molecule has 0 radical (unpaired) electrons. The fourth-order valence-corrected chi connectivity index (χ4v) is 2.68. The van der Waals surface area contributed by atoms with Crippen LogP contribution in [0.15, 0.2) is 16.5 Å². The molecule has 1 saturated carbocycles. The van der Waals surface area contributed by atoms with E-state index >= 15 is 0 Å². The Morgan fingerprint density at radius 2 is 2.19 bits per heavy atom. The molecule has 1 aliphatic rings. The van der Waals surface area contributed by atoms with Gasteiger partial charge in [-0.2, -0.15) is 0 Å². The van der Waals surface area contributed by atoms with E-state index in [1.54, 1.807) is 0 Å². The van der Waals surface area contributed by atoms with Gasteiger partial charge in [-0.3, -0.25) is 0 Å². The third-order valence-corrected chi connectivity index (χ3v) is 3.83. The Kier molecular flexibility index (Phi) is 3.38. The van der Waals surface area contributed by atoms with E-state index < -0.39 is 0 Å². The Morgan fingerprint density at radius 3 is 2.81 bits per heavy atom. The topological polar surface area (TPSA) is 25.2 Å². The molecule has 0 saturated heterocycles. The number of aryl methyl sites for hydroxylation is 1. The normalized spacial score (nSPS) is 24.6.